The summed E-state index contributed by atoms with van der Waals surface area (Å²) in [6.45, 7) is 7.09. The summed E-state index contributed by atoms with van der Waals surface area (Å²) in [6.07, 6.45) is 5.73. The molecule has 132 valence electrons. The van der Waals surface area contributed by atoms with Gasteiger partial charge >= 0.3 is 6.09 Å². The van der Waals surface area contributed by atoms with Crippen LogP contribution >= 0.6 is 0 Å². The molecule has 1 aromatic heterocycles. The maximum absolute atomic E-state index is 12.3. The molecule has 1 aliphatic heterocycles. The molecule has 1 saturated carbocycles. The van der Waals surface area contributed by atoms with E-state index in [1.165, 1.54) is 12.8 Å². The van der Waals surface area contributed by atoms with Crippen LogP contribution in [0, 0.1) is 0 Å². The Labute approximate surface area is 143 Å². The molecule has 0 spiro atoms. The molecule has 0 bridgehead atoms. The van der Waals surface area contributed by atoms with Crippen LogP contribution in [-0.4, -0.2) is 51.7 Å². The van der Waals surface area contributed by atoms with Gasteiger partial charge in [0.15, 0.2) is 0 Å². The Bertz CT molecular complexity index is 583. The number of anilines is 2. The molecule has 2 heterocycles. The zero-order valence-electron chi connectivity index (χ0n) is 14.7. The molecule has 24 heavy (non-hydrogen) atoms. The van der Waals surface area contributed by atoms with E-state index in [1.54, 1.807) is 6.33 Å². The van der Waals surface area contributed by atoms with Gasteiger partial charge in [0, 0.05) is 25.2 Å². The summed E-state index contributed by atoms with van der Waals surface area (Å²) in [6, 6.07) is 2.62. The van der Waals surface area contributed by atoms with Crippen molar-refractivity contribution in [2.24, 2.45) is 0 Å². The van der Waals surface area contributed by atoms with Gasteiger partial charge in [-0.05, 0) is 46.5 Å². The minimum Gasteiger partial charge on any atom is -0.444 e. The predicted molar refractivity (Wildman–Crippen MR) is 93.1 cm³/mol. The monoisotopic (exact) mass is 333 g/mol. The number of ether oxygens (including phenoxy) is 1. The van der Waals surface area contributed by atoms with Crippen LogP contribution in [0.25, 0.3) is 0 Å². The van der Waals surface area contributed by atoms with Crippen molar-refractivity contribution < 1.29 is 9.53 Å². The van der Waals surface area contributed by atoms with Gasteiger partial charge in [0.25, 0.3) is 0 Å². The fourth-order valence-electron chi connectivity index (χ4n) is 2.80. The molecular formula is C17H27N5O2. The number of carbonyl (C=O) groups excluding carboxylic acids is 1. The van der Waals surface area contributed by atoms with Crippen LogP contribution in [0.15, 0.2) is 12.4 Å². The van der Waals surface area contributed by atoms with E-state index in [9.17, 15) is 4.79 Å². The Balaban J connectivity index is 1.54. The van der Waals surface area contributed by atoms with Gasteiger partial charge in [0.05, 0.1) is 6.04 Å². The molecule has 2 aliphatic rings. The van der Waals surface area contributed by atoms with E-state index in [1.807, 2.05) is 31.7 Å². The van der Waals surface area contributed by atoms with Gasteiger partial charge in [-0.3, -0.25) is 0 Å². The van der Waals surface area contributed by atoms with Crippen LogP contribution in [0.2, 0.25) is 0 Å². The lowest BCUT2D eigenvalue weighted by atomic mass is 10.2. The average molecular weight is 333 g/mol. The van der Waals surface area contributed by atoms with Gasteiger partial charge in [-0.25, -0.2) is 14.8 Å². The van der Waals surface area contributed by atoms with E-state index >= 15 is 0 Å². The summed E-state index contributed by atoms with van der Waals surface area (Å²) in [5.41, 5.74) is -0.465. The maximum atomic E-state index is 12.3. The third-order valence-corrected chi connectivity index (χ3v) is 4.12. The van der Waals surface area contributed by atoms with Crippen LogP contribution in [0.1, 0.15) is 46.5 Å². The van der Waals surface area contributed by atoms with Gasteiger partial charge in [0.1, 0.15) is 23.6 Å². The Morgan fingerprint density at radius 3 is 2.75 bits per heavy atom. The second-order valence-electron chi connectivity index (χ2n) is 7.56. The molecule has 1 aromatic rings. The molecule has 7 nitrogen and oxygen atoms in total. The molecule has 0 unspecified atom stereocenters. The molecule has 0 radical (unpaired) electrons. The summed E-state index contributed by atoms with van der Waals surface area (Å²) >= 11 is 0. The maximum Gasteiger partial charge on any atom is 0.410 e. The van der Waals surface area contributed by atoms with Crippen molar-refractivity contribution in [1.82, 2.24) is 14.9 Å². The minimum atomic E-state index is -0.465. The lowest BCUT2D eigenvalue weighted by Crippen LogP contribution is -2.42. The molecule has 7 heteroatoms. The largest absolute Gasteiger partial charge is 0.444 e. The summed E-state index contributed by atoms with van der Waals surface area (Å²) in [5, 5.41) is 6.69. The van der Waals surface area contributed by atoms with Gasteiger partial charge < -0.3 is 20.3 Å². The minimum absolute atomic E-state index is 0.134. The normalized spacial score (nSPS) is 20.8. The first-order chi connectivity index (χ1) is 11.4. The highest BCUT2D eigenvalue weighted by Gasteiger charge is 2.32. The summed E-state index contributed by atoms with van der Waals surface area (Å²) in [4.78, 5) is 22.6. The fraction of sp³-hybridized carbons (Fsp3) is 0.706. The van der Waals surface area contributed by atoms with Crippen molar-refractivity contribution in [3.63, 3.8) is 0 Å². The second-order valence-corrected chi connectivity index (χ2v) is 7.56. The molecule has 2 fully saturated rings. The van der Waals surface area contributed by atoms with Crippen molar-refractivity contribution in [1.29, 1.82) is 0 Å². The highest BCUT2D eigenvalue weighted by Crippen LogP contribution is 2.25. The van der Waals surface area contributed by atoms with Crippen LogP contribution in [0.4, 0.5) is 16.4 Å². The summed E-state index contributed by atoms with van der Waals surface area (Å²) in [5.74, 6) is 1.63. The number of carbonyl (C=O) groups is 1. The Kier molecular flexibility index (Phi) is 4.78. The van der Waals surface area contributed by atoms with Crippen LogP contribution in [0.3, 0.4) is 0 Å². The van der Waals surface area contributed by atoms with Crippen molar-refractivity contribution in [2.45, 2.75) is 64.1 Å². The van der Waals surface area contributed by atoms with Gasteiger partial charge in [-0.1, -0.05) is 0 Å². The number of hydrogen-bond acceptors (Lipinski definition) is 6. The lowest BCUT2D eigenvalue weighted by Gasteiger charge is -2.28. The SMILES string of the molecule is CC(C)(C)OC(=O)N1CCC[C@@H]1CNc1cc(NC2CC2)ncn1. The first-order valence-corrected chi connectivity index (χ1v) is 8.73. The predicted octanol–water partition coefficient (Wildman–Crippen LogP) is 2.86. The quantitative estimate of drug-likeness (QED) is 0.862. The smallest absolute Gasteiger partial charge is 0.410 e. The number of aromatic nitrogens is 2. The van der Waals surface area contributed by atoms with E-state index in [0.717, 1.165) is 31.0 Å². The molecule has 1 saturated heterocycles. The molecular weight excluding hydrogens is 306 g/mol. The zero-order valence-corrected chi connectivity index (χ0v) is 14.7. The molecule has 3 rings (SSSR count). The first-order valence-electron chi connectivity index (χ1n) is 8.73. The number of likely N-dealkylation sites (tertiary alicyclic amines) is 1. The molecule has 1 aliphatic carbocycles. The topological polar surface area (TPSA) is 79.4 Å². The van der Waals surface area contributed by atoms with Crippen LogP contribution in [-0.2, 0) is 4.74 Å². The zero-order chi connectivity index (χ0) is 17.2. The number of amides is 1. The lowest BCUT2D eigenvalue weighted by molar-refractivity contribution is 0.0235. The van der Waals surface area contributed by atoms with Crippen molar-refractivity contribution in [3.05, 3.63) is 12.4 Å². The van der Waals surface area contributed by atoms with Crippen LogP contribution < -0.4 is 10.6 Å². The van der Waals surface area contributed by atoms with E-state index < -0.39 is 5.60 Å². The van der Waals surface area contributed by atoms with Crippen LogP contribution in [0.5, 0.6) is 0 Å². The van der Waals surface area contributed by atoms with Gasteiger partial charge in [0.2, 0.25) is 0 Å². The van der Waals surface area contributed by atoms with E-state index in [4.69, 9.17) is 4.74 Å². The Morgan fingerprint density at radius 2 is 2.04 bits per heavy atom. The third-order valence-electron chi connectivity index (χ3n) is 4.12. The number of nitrogens with one attached hydrogen (secondary N) is 2. The summed E-state index contributed by atoms with van der Waals surface area (Å²) < 4.78 is 5.50. The van der Waals surface area contributed by atoms with E-state index in [0.29, 0.717) is 12.6 Å². The molecule has 1 amide bonds. The van der Waals surface area contributed by atoms with Crippen molar-refractivity contribution in [2.75, 3.05) is 23.7 Å². The fourth-order valence-corrected chi connectivity index (χ4v) is 2.80. The second kappa shape index (κ2) is 6.83. The van der Waals surface area contributed by atoms with Crippen molar-refractivity contribution >= 4 is 17.7 Å². The average Bonchev–Trinajstić information content (AvgIpc) is 3.18. The highest BCUT2D eigenvalue weighted by atomic mass is 16.6. The summed E-state index contributed by atoms with van der Waals surface area (Å²) in [7, 11) is 0. The molecule has 2 N–H and O–H groups in total. The number of rotatable bonds is 5. The Morgan fingerprint density at radius 1 is 1.29 bits per heavy atom. The Hall–Kier alpha value is -2.05. The van der Waals surface area contributed by atoms with Gasteiger partial charge in [-0.2, -0.15) is 0 Å². The van der Waals surface area contributed by atoms with E-state index in [-0.39, 0.29) is 12.1 Å². The standard InChI is InChI=1S/C17H27N5O2/c1-17(2,3)24-16(23)22-8-4-5-13(22)10-18-14-9-15(20-11-19-14)21-12-6-7-12/h9,11-13H,4-8,10H2,1-3H3,(H2,18,19,20,21)/t13-/m1/s1. The van der Waals surface area contributed by atoms with E-state index in [2.05, 4.69) is 20.6 Å². The first kappa shape index (κ1) is 16.8. The molecule has 0 aromatic carbocycles. The number of hydrogen-bond donors (Lipinski definition) is 2. The third kappa shape index (κ3) is 4.72. The number of nitrogens with zero attached hydrogens (tertiary/aromatic N) is 3. The van der Waals surface area contributed by atoms with Gasteiger partial charge in [-0.15, -0.1) is 0 Å². The highest BCUT2D eigenvalue weighted by molar-refractivity contribution is 5.69. The molecule has 1 atom stereocenters. The van der Waals surface area contributed by atoms with Crippen molar-refractivity contribution in [3.8, 4) is 0 Å².